The summed E-state index contributed by atoms with van der Waals surface area (Å²) in [5, 5.41) is 0.358. The Kier molecular flexibility index (Phi) is 5.15. The van der Waals surface area contributed by atoms with Crippen molar-refractivity contribution in [3.05, 3.63) is 34.5 Å². The third kappa shape index (κ3) is 3.92. The molecule has 1 aliphatic rings. The van der Waals surface area contributed by atoms with Crippen LogP contribution in [0.15, 0.2) is 24.0 Å². The number of alkyl halides is 3. The first-order valence-electron chi connectivity index (χ1n) is 6.72. The van der Waals surface area contributed by atoms with Crippen molar-refractivity contribution < 1.29 is 30.5 Å². The van der Waals surface area contributed by atoms with E-state index in [-0.39, 0.29) is 12.2 Å². The molecule has 0 aromatic heterocycles. The van der Waals surface area contributed by atoms with Crippen LogP contribution in [-0.4, -0.2) is 21.0 Å². The van der Waals surface area contributed by atoms with Crippen molar-refractivity contribution in [2.75, 3.05) is 7.11 Å². The topological polar surface area (TPSA) is 52.6 Å². The molecule has 0 bridgehead atoms. The fraction of sp³-hybridized carbons (Fsp3) is 0.429. The van der Waals surface area contributed by atoms with Crippen LogP contribution in [0.5, 0.6) is 5.75 Å². The first kappa shape index (κ1) is 17.9. The SMILES string of the molecule is COc1ccc(Cl)cc1C1=C(OS(=O)(=O)C(F)(F)F)CCCC1. The quantitative estimate of drug-likeness (QED) is 0.578. The molecule has 23 heavy (non-hydrogen) atoms. The second-order valence-electron chi connectivity index (χ2n) is 4.94. The molecule has 0 unspecified atom stereocenters. The van der Waals surface area contributed by atoms with Crippen molar-refractivity contribution in [2.45, 2.75) is 31.2 Å². The van der Waals surface area contributed by atoms with E-state index >= 15 is 0 Å². The van der Waals surface area contributed by atoms with Crippen molar-refractivity contribution >= 4 is 27.3 Å². The van der Waals surface area contributed by atoms with Crippen molar-refractivity contribution in [1.82, 2.24) is 0 Å². The first-order chi connectivity index (χ1) is 10.7. The molecule has 2 rings (SSSR count). The molecule has 0 saturated heterocycles. The maximum Gasteiger partial charge on any atom is 0.534 e. The summed E-state index contributed by atoms with van der Waals surface area (Å²) >= 11 is 5.93. The summed E-state index contributed by atoms with van der Waals surface area (Å²) in [5.74, 6) is 0.172. The van der Waals surface area contributed by atoms with Crippen LogP contribution in [0.4, 0.5) is 13.2 Å². The van der Waals surface area contributed by atoms with Gasteiger partial charge in [0.15, 0.2) is 0 Å². The molecule has 0 amide bonds. The Morgan fingerprint density at radius 1 is 1.17 bits per heavy atom. The van der Waals surface area contributed by atoms with Crippen molar-refractivity contribution in [2.24, 2.45) is 0 Å². The van der Waals surface area contributed by atoms with Crippen LogP contribution in [0.1, 0.15) is 31.2 Å². The summed E-state index contributed by atoms with van der Waals surface area (Å²) in [4.78, 5) is 0. The normalized spacial score (nSPS) is 16.4. The molecule has 0 radical (unpaired) electrons. The Labute approximate surface area is 137 Å². The van der Waals surface area contributed by atoms with Crippen LogP contribution in [0.3, 0.4) is 0 Å². The number of benzene rings is 1. The lowest BCUT2D eigenvalue weighted by atomic mass is 9.91. The third-order valence-electron chi connectivity index (χ3n) is 3.40. The van der Waals surface area contributed by atoms with Gasteiger partial charge in [-0.3, -0.25) is 0 Å². The van der Waals surface area contributed by atoms with Gasteiger partial charge in [0.25, 0.3) is 0 Å². The van der Waals surface area contributed by atoms with E-state index < -0.39 is 15.6 Å². The van der Waals surface area contributed by atoms with Gasteiger partial charge in [0.05, 0.1) is 7.11 Å². The highest BCUT2D eigenvalue weighted by molar-refractivity contribution is 7.87. The van der Waals surface area contributed by atoms with Gasteiger partial charge in [-0.25, -0.2) is 0 Å². The molecule has 0 spiro atoms. The number of halogens is 4. The van der Waals surface area contributed by atoms with Crippen molar-refractivity contribution in [1.29, 1.82) is 0 Å². The van der Waals surface area contributed by atoms with Gasteiger partial charge in [0.2, 0.25) is 0 Å². The largest absolute Gasteiger partial charge is 0.534 e. The molecule has 0 heterocycles. The van der Waals surface area contributed by atoms with Gasteiger partial charge in [-0.15, -0.1) is 0 Å². The maximum atomic E-state index is 12.5. The minimum atomic E-state index is -5.70. The predicted octanol–water partition coefficient (Wildman–Crippen LogP) is 4.50. The van der Waals surface area contributed by atoms with E-state index in [0.717, 1.165) is 0 Å². The van der Waals surface area contributed by atoms with Gasteiger partial charge in [-0.2, -0.15) is 21.6 Å². The average Bonchev–Trinajstić information content (AvgIpc) is 2.46. The predicted molar refractivity (Wildman–Crippen MR) is 79.5 cm³/mol. The second-order valence-corrected chi connectivity index (χ2v) is 6.91. The minimum absolute atomic E-state index is 0.0975. The highest BCUT2D eigenvalue weighted by Gasteiger charge is 2.49. The Hall–Kier alpha value is -1.41. The summed E-state index contributed by atoms with van der Waals surface area (Å²) in [6.07, 6.45) is 1.71. The van der Waals surface area contributed by atoms with Gasteiger partial charge < -0.3 is 8.92 Å². The van der Waals surface area contributed by atoms with Crippen LogP contribution >= 0.6 is 11.6 Å². The first-order valence-corrected chi connectivity index (χ1v) is 8.51. The average molecular weight is 371 g/mol. The molecule has 9 heteroatoms. The fourth-order valence-corrected chi connectivity index (χ4v) is 3.07. The van der Waals surface area contributed by atoms with E-state index in [9.17, 15) is 21.6 Å². The zero-order chi connectivity index (χ0) is 17.3. The van der Waals surface area contributed by atoms with E-state index in [1.165, 1.54) is 13.2 Å². The Balaban J connectivity index is 2.53. The minimum Gasteiger partial charge on any atom is -0.496 e. The van der Waals surface area contributed by atoms with Gasteiger partial charge in [-0.1, -0.05) is 11.6 Å². The van der Waals surface area contributed by atoms with Crippen LogP contribution < -0.4 is 4.74 Å². The van der Waals surface area contributed by atoms with Crippen molar-refractivity contribution in [3.8, 4) is 5.75 Å². The molecule has 1 aromatic carbocycles. The van der Waals surface area contributed by atoms with Crippen LogP contribution in [-0.2, 0) is 14.3 Å². The molecular weight excluding hydrogens is 357 g/mol. The maximum absolute atomic E-state index is 12.5. The van der Waals surface area contributed by atoms with E-state index in [1.54, 1.807) is 12.1 Å². The molecule has 0 fully saturated rings. The molecule has 0 N–H and O–H groups in total. The smallest absolute Gasteiger partial charge is 0.496 e. The number of hydrogen-bond acceptors (Lipinski definition) is 4. The molecule has 1 aliphatic carbocycles. The highest BCUT2D eigenvalue weighted by atomic mass is 35.5. The van der Waals surface area contributed by atoms with E-state index in [4.69, 9.17) is 16.3 Å². The Bertz CT molecular complexity index is 726. The van der Waals surface area contributed by atoms with Gasteiger partial charge >= 0.3 is 15.6 Å². The van der Waals surface area contributed by atoms with Gasteiger partial charge in [0, 0.05) is 22.6 Å². The monoisotopic (exact) mass is 370 g/mol. The number of hydrogen-bond donors (Lipinski definition) is 0. The lowest BCUT2D eigenvalue weighted by molar-refractivity contribution is -0.0523. The summed E-state index contributed by atoms with van der Waals surface area (Å²) < 4.78 is 69.8. The molecule has 128 valence electrons. The summed E-state index contributed by atoms with van der Waals surface area (Å²) in [5.41, 5.74) is -4.67. The summed E-state index contributed by atoms with van der Waals surface area (Å²) in [6, 6.07) is 4.65. The number of allylic oxidation sites excluding steroid dienone is 2. The number of methoxy groups -OCH3 is 1. The van der Waals surface area contributed by atoms with Crippen LogP contribution in [0, 0.1) is 0 Å². The lowest BCUT2D eigenvalue weighted by Gasteiger charge is -2.22. The van der Waals surface area contributed by atoms with Crippen molar-refractivity contribution in [3.63, 3.8) is 0 Å². The molecule has 0 atom stereocenters. The van der Waals surface area contributed by atoms with Gasteiger partial charge in [-0.05, 0) is 37.5 Å². The number of ether oxygens (including phenoxy) is 1. The highest BCUT2D eigenvalue weighted by Crippen LogP contribution is 2.40. The zero-order valence-corrected chi connectivity index (χ0v) is 13.7. The standard InChI is InChI=1S/C14H14ClF3O4S/c1-21-12-7-6-9(15)8-11(12)10-4-2-3-5-13(10)22-23(19,20)14(16,17)18/h6-8H,2-5H2,1H3. The molecule has 0 saturated carbocycles. The summed E-state index contributed by atoms with van der Waals surface area (Å²) in [7, 11) is -4.29. The second kappa shape index (κ2) is 6.60. The van der Waals surface area contributed by atoms with E-state index in [1.807, 2.05) is 0 Å². The van der Waals surface area contributed by atoms with Crippen LogP contribution in [0.25, 0.3) is 5.57 Å². The van der Waals surface area contributed by atoms with Crippen LogP contribution in [0.2, 0.25) is 5.02 Å². The lowest BCUT2D eigenvalue weighted by Crippen LogP contribution is -2.26. The fourth-order valence-electron chi connectivity index (χ4n) is 2.35. The zero-order valence-electron chi connectivity index (χ0n) is 12.1. The molecular formula is C14H14ClF3O4S. The molecule has 4 nitrogen and oxygen atoms in total. The van der Waals surface area contributed by atoms with E-state index in [2.05, 4.69) is 4.18 Å². The summed E-state index contributed by atoms with van der Waals surface area (Å²) in [6.45, 7) is 0. The third-order valence-corrected chi connectivity index (χ3v) is 4.62. The molecule has 1 aromatic rings. The Morgan fingerprint density at radius 3 is 2.43 bits per heavy atom. The number of rotatable bonds is 4. The molecule has 0 aliphatic heterocycles. The Morgan fingerprint density at radius 2 is 1.83 bits per heavy atom. The van der Waals surface area contributed by atoms with Gasteiger partial charge in [0.1, 0.15) is 11.5 Å². The van der Waals surface area contributed by atoms with E-state index in [0.29, 0.717) is 41.2 Å².